The van der Waals surface area contributed by atoms with E-state index in [1.165, 1.54) is 7.11 Å². The summed E-state index contributed by atoms with van der Waals surface area (Å²) in [5.74, 6) is -0.191. The number of carbonyl (C=O) groups is 1. The van der Waals surface area contributed by atoms with E-state index in [0.29, 0.717) is 12.1 Å². The van der Waals surface area contributed by atoms with Crippen LogP contribution in [0.1, 0.15) is 16.7 Å². The van der Waals surface area contributed by atoms with Crippen molar-refractivity contribution in [2.45, 2.75) is 26.3 Å². The molecule has 0 fully saturated rings. The molecule has 0 radical (unpaired) electrons. The minimum Gasteiger partial charge on any atom is -0.505 e. The number of methoxy groups -OCH3 is 1. The van der Waals surface area contributed by atoms with Crippen LogP contribution in [-0.2, 0) is 16.0 Å². The van der Waals surface area contributed by atoms with Crippen molar-refractivity contribution in [3.8, 4) is 5.75 Å². The zero-order valence-electron chi connectivity index (χ0n) is 13.1. The van der Waals surface area contributed by atoms with Gasteiger partial charge in [-0.2, -0.15) is 0 Å². The van der Waals surface area contributed by atoms with Crippen LogP contribution < -0.4 is 5.32 Å². The molecule has 0 aliphatic rings. The van der Waals surface area contributed by atoms with E-state index in [1.54, 1.807) is 6.07 Å². The normalized spacial score (nSPS) is 11.8. The lowest BCUT2D eigenvalue weighted by Crippen LogP contribution is -2.32. The molecule has 4 heteroatoms. The van der Waals surface area contributed by atoms with Gasteiger partial charge in [-0.3, -0.25) is 0 Å². The van der Waals surface area contributed by atoms with Gasteiger partial charge in [-0.05, 0) is 36.6 Å². The zero-order chi connectivity index (χ0) is 16.1. The number of carbonyl (C=O) groups excluding carboxylic acids is 1. The Kier molecular flexibility index (Phi) is 5.04. The first kappa shape index (κ1) is 15.9. The fraction of sp³-hybridized carbons (Fsp3) is 0.278. The maximum absolute atomic E-state index is 12.0. The molecule has 0 aliphatic carbocycles. The van der Waals surface area contributed by atoms with Crippen molar-refractivity contribution in [2.24, 2.45) is 0 Å². The van der Waals surface area contributed by atoms with Gasteiger partial charge in [-0.25, -0.2) is 4.79 Å². The molecule has 4 nitrogen and oxygen atoms in total. The molecular weight excluding hydrogens is 278 g/mol. The molecule has 0 saturated heterocycles. The van der Waals surface area contributed by atoms with E-state index in [0.717, 1.165) is 16.7 Å². The SMILES string of the molecule is COC(=O)[C@@H](Cc1ccccc1)Nc1ccc(C)c(C)c1O. The molecule has 2 N–H and O–H groups in total. The maximum Gasteiger partial charge on any atom is 0.328 e. The molecule has 0 saturated carbocycles. The van der Waals surface area contributed by atoms with E-state index in [4.69, 9.17) is 4.74 Å². The maximum atomic E-state index is 12.0. The van der Waals surface area contributed by atoms with Crippen LogP contribution in [0.4, 0.5) is 5.69 Å². The second-order valence-electron chi connectivity index (χ2n) is 5.31. The summed E-state index contributed by atoms with van der Waals surface area (Å²) < 4.78 is 4.87. The highest BCUT2D eigenvalue weighted by molar-refractivity contribution is 5.80. The van der Waals surface area contributed by atoms with Gasteiger partial charge in [0, 0.05) is 6.42 Å². The second kappa shape index (κ2) is 6.98. The fourth-order valence-corrected chi connectivity index (χ4v) is 2.29. The lowest BCUT2D eigenvalue weighted by Gasteiger charge is -2.19. The summed E-state index contributed by atoms with van der Waals surface area (Å²) >= 11 is 0. The second-order valence-corrected chi connectivity index (χ2v) is 5.31. The van der Waals surface area contributed by atoms with Gasteiger partial charge in [0.1, 0.15) is 11.8 Å². The quantitative estimate of drug-likeness (QED) is 0.657. The molecule has 1 atom stereocenters. The molecule has 0 heterocycles. The molecule has 116 valence electrons. The number of anilines is 1. The van der Waals surface area contributed by atoms with E-state index in [-0.39, 0.29) is 11.7 Å². The molecule has 2 rings (SSSR count). The van der Waals surface area contributed by atoms with Crippen LogP contribution in [0.3, 0.4) is 0 Å². The van der Waals surface area contributed by atoms with Gasteiger partial charge in [-0.1, -0.05) is 36.4 Å². The van der Waals surface area contributed by atoms with Crippen LogP contribution in [0.15, 0.2) is 42.5 Å². The number of rotatable bonds is 5. The van der Waals surface area contributed by atoms with E-state index >= 15 is 0 Å². The van der Waals surface area contributed by atoms with Crippen molar-refractivity contribution in [1.82, 2.24) is 0 Å². The summed E-state index contributed by atoms with van der Waals surface area (Å²) in [6.07, 6.45) is 0.486. The summed E-state index contributed by atoms with van der Waals surface area (Å²) in [7, 11) is 1.36. The molecule has 22 heavy (non-hydrogen) atoms. The van der Waals surface area contributed by atoms with Crippen molar-refractivity contribution in [2.75, 3.05) is 12.4 Å². The number of ether oxygens (including phenoxy) is 1. The fourth-order valence-electron chi connectivity index (χ4n) is 2.29. The van der Waals surface area contributed by atoms with E-state index in [1.807, 2.05) is 50.2 Å². The van der Waals surface area contributed by atoms with Gasteiger partial charge < -0.3 is 15.2 Å². The highest BCUT2D eigenvalue weighted by atomic mass is 16.5. The molecule has 0 aromatic heterocycles. The van der Waals surface area contributed by atoms with Crippen LogP contribution in [0.25, 0.3) is 0 Å². The third-order valence-corrected chi connectivity index (χ3v) is 3.80. The minimum atomic E-state index is -0.555. The lowest BCUT2D eigenvalue weighted by molar-refractivity contribution is -0.141. The molecular formula is C18H21NO3. The Morgan fingerprint density at radius 2 is 1.86 bits per heavy atom. The predicted octanol–water partition coefficient (Wildman–Crippen LogP) is 3.21. The molecule has 0 spiro atoms. The average Bonchev–Trinajstić information content (AvgIpc) is 2.54. The lowest BCUT2D eigenvalue weighted by atomic mass is 10.0. The Morgan fingerprint density at radius 1 is 1.18 bits per heavy atom. The van der Waals surface area contributed by atoms with E-state index < -0.39 is 6.04 Å². The van der Waals surface area contributed by atoms with Crippen LogP contribution in [0.2, 0.25) is 0 Å². The van der Waals surface area contributed by atoms with Crippen molar-refractivity contribution in [1.29, 1.82) is 0 Å². The Balaban J connectivity index is 2.24. The van der Waals surface area contributed by atoms with Gasteiger partial charge in [0.05, 0.1) is 12.8 Å². The van der Waals surface area contributed by atoms with Crippen molar-refractivity contribution < 1.29 is 14.6 Å². The number of phenolic OH excluding ortho intramolecular Hbond substituents is 1. The number of nitrogens with one attached hydrogen (secondary N) is 1. The van der Waals surface area contributed by atoms with Crippen molar-refractivity contribution >= 4 is 11.7 Å². The van der Waals surface area contributed by atoms with Gasteiger partial charge in [0.25, 0.3) is 0 Å². The third-order valence-electron chi connectivity index (χ3n) is 3.80. The Morgan fingerprint density at radius 3 is 2.50 bits per heavy atom. The predicted molar refractivity (Wildman–Crippen MR) is 87.2 cm³/mol. The summed E-state index contributed by atoms with van der Waals surface area (Å²) in [6.45, 7) is 3.78. The first-order valence-corrected chi connectivity index (χ1v) is 7.20. The Bertz CT molecular complexity index is 653. The Hall–Kier alpha value is -2.49. The number of phenols is 1. The summed E-state index contributed by atoms with van der Waals surface area (Å²) in [4.78, 5) is 12.0. The molecule has 0 unspecified atom stereocenters. The molecule has 0 amide bonds. The monoisotopic (exact) mass is 299 g/mol. The molecule has 2 aromatic rings. The van der Waals surface area contributed by atoms with Gasteiger partial charge >= 0.3 is 5.97 Å². The van der Waals surface area contributed by atoms with E-state index in [9.17, 15) is 9.90 Å². The number of aryl methyl sites for hydroxylation is 1. The van der Waals surface area contributed by atoms with Gasteiger partial charge in [0.2, 0.25) is 0 Å². The summed E-state index contributed by atoms with van der Waals surface area (Å²) in [5, 5.41) is 13.3. The van der Waals surface area contributed by atoms with E-state index in [2.05, 4.69) is 5.32 Å². The Labute approximate surface area is 130 Å². The number of aromatic hydroxyl groups is 1. The zero-order valence-corrected chi connectivity index (χ0v) is 13.1. The van der Waals surface area contributed by atoms with Crippen molar-refractivity contribution in [3.05, 3.63) is 59.2 Å². The van der Waals surface area contributed by atoms with Gasteiger partial charge in [0.15, 0.2) is 0 Å². The molecule has 2 aromatic carbocycles. The highest BCUT2D eigenvalue weighted by Gasteiger charge is 2.21. The molecule has 0 bridgehead atoms. The third kappa shape index (κ3) is 3.58. The largest absolute Gasteiger partial charge is 0.505 e. The molecule has 0 aliphatic heterocycles. The minimum absolute atomic E-state index is 0.168. The first-order chi connectivity index (χ1) is 10.5. The van der Waals surface area contributed by atoms with Crippen LogP contribution >= 0.6 is 0 Å². The number of hydrogen-bond donors (Lipinski definition) is 2. The average molecular weight is 299 g/mol. The van der Waals surface area contributed by atoms with Crippen LogP contribution in [-0.4, -0.2) is 24.2 Å². The van der Waals surface area contributed by atoms with Crippen LogP contribution in [0.5, 0.6) is 5.75 Å². The first-order valence-electron chi connectivity index (χ1n) is 7.20. The standard InChI is InChI=1S/C18H21NO3/c1-12-9-10-15(17(20)13(12)2)19-16(18(21)22-3)11-14-7-5-4-6-8-14/h4-10,16,19-20H,11H2,1-3H3/t16-/m1/s1. The summed E-state index contributed by atoms with van der Waals surface area (Å²) in [5.41, 5.74) is 3.36. The van der Waals surface area contributed by atoms with Crippen molar-refractivity contribution in [3.63, 3.8) is 0 Å². The van der Waals surface area contributed by atoms with Crippen LogP contribution in [0, 0.1) is 13.8 Å². The number of hydrogen-bond acceptors (Lipinski definition) is 4. The van der Waals surface area contributed by atoms with Gasteiger partial charge in [-0.15, -0.1) is 0 Å². The highest BCUT2D eigenvalue weighted by Crippen LogP contribution is 2.30. The smallest absolute Gasteiger partial charge is 0.328 e. The summed E-state index contributed by atoms with van der Waals surface area (Å²) in [6, 6.07) is 12.8. The number of benzene rings is 2. The number of esters is 1. The topological polar surface area (TPSA) is 58.6 Å².